The van der Waals surface area contributed by atoms with E-state index >= 15 is 0 Å². The second-order valence-corrected chi connectivity index (χ2v) is 7.15. The van der Waals surface area contributed by atoms with Gasteiger partial charge >= 0.3 is 5.97 Å². The molecule has 0 N–H and O–H groups in total. The molecular weight excluding hydrogens is 400 g/mol. The summed E-state index contributed by atoms with van der Waals surface area (Å²) in [7, 11) is 3.11. The van der Waals surface area contributed by atoms with Gasteiger partial charge in [-0.05, 0) is 42.5 Å². The highest BCUT2D eigenvalue weighted by Crippen LogP contribution is 2.49. The fraction of sp³-hybridized carbons (Fsp3) is 0.167. The van der Waals surface area contributed by atoms with Gasteiger partial charge in [0, 0.05) is 17.2 Å². The Bertz CT molecular complexity index is 1220. The first-order valence-electron chi connectivity index (χ1n) is 9.66. The normalized spacial score (nSPS) is 18.3. The Kier molecular flexibility index (Phi) is 4.51. The van der Waals surface area contributed by atoms with Crippen LogP contribution in [0.4, 0.5) is 0 Å². The molecule has 1 atom stereocenters. The molecule has 3 aromatic rings. The Labute approximate surface area is 177 Å². The summed E-state index contributed by atoms with van der Waals surface area (Å²) < 4.78 is 27.6. The van der Waals surface area contributed by atoms with Gasteiger partial charge in [-0.1, -0.05) is 0 Å². The Hall–Kier alpha value is -4.00. The van der Waals surface area contributed by atoms with E-state index < -0.39 is 5.92 Å². The van der Waals surface area contributed by atoms with E-state index in [4.69, 9.17) is 23.4 Å². The molecule has 3 heterocycles. The average Bonchev–Trinajstić information content (AvgIpc) is 3.42. The van der Waals surface area contributed by atoms with E-state index in [0.29, 0.717) is 45.4 Å². The third-order valence-electron chi connectivity index (χ3n) is 5.39. The number of carbonyl (C=O) groups is 2. The number of benzene rings is 2. The van der Waals surface area contributed by atoms with Gasteiger partial charge in [0.1, 0.15) is 28.8 Å². The number of methoxy groups -OCH3 is 2. The first kappa shape index (κ1) is 19.0. The van der Waals surface area contributed by atoms with Crippen LogP contribution < -0.4 is 18.9 Å². The SMILES string of the molecule is COc1ccc(/C=C2\Oc3c(ccc4c3C(c3ccco3)CC(=O)O4)C2=O)c(OC)c1. The lowest BCUT2D eigenvalue weighted by molar-refractivity contribution is -0.135. The Balaban J connectivity index is 1.59. The van der Waals surface area contributed by atoms with E-state index in [2.05, 4.69) is 0 Å². The molecule has 7 heteroatoms. The van der Waals surface area contributed by atoms with Crippen molar-refractivity contribution in [2.45, 2.75) is 12.3 Å². The quantitative estimate of drug-likeness (QED) is 0.354. The number of allylic oxidation sites excluding steroid dienone is 1. The van der Waals surface area contributed by atoms with Gasteiger partial charge in [0.05, 0.1) is 38.4 Å². The molecule has 0 fully saturated rings. The first-order valence-corrected chi connectivity index (χ1v) is 9.66. The summed E-state index contributed by atoms with van der Waals surface area (Å²) in [5.41, 5.74) is 1.71. The third kappa shape index (κ3) is 3.15. The van der Waals surface area contributed by atoms with Crippen LogP contribution in [0.5, 0.6) is 23.0 Å². The number of ketones is 1. The van der Waals surface area contributed by atoms with Gasteiger partial charge in [-0.15, -0.1) is 0 Å². The lowest BCUT2D eigenvalue weighted by atomic mass is 9.88. The van der Waals surface area contributed by atoms with Crippen molar-refractivity contribution in [1.82, 2.24) is 0 Å². The second kappa shape index (κ2) is 7.36. The van der Waals surface area contributed by atoms with Crippen molar-refractivity contribution >= 4 is 17.8 Å². The lowest BCUT2D eigenvalue weighted by Gasteiger charge is -2.24. The molecule has 7 nitrogen and oxygen atoms in total. The van der Waals surface area contributed by atoms with Crippen LogP contribution in [0, 0.1) is 0 Å². The van der Waals surface area contributed by atoms with E-state index in [1.807, 2.05) is 0 Å². The van der Waals surface area contributed by atoms with E-state index in [9.17, 15) is 9.59 Å². The molecule has 5 rings (SSSR count). The van der Waals surface area contributed by atoms with Gasteiger partial charge in [0.25, 0.3) is 0 Å². The molecule has 0 aliphatic carbocycles. The predicted octanol–water partition coefficient (Wildman–Crippen LogP) is 4.35. The highest BCUT2D eigenvalue weighted by molar-refractivity contribution is 6.15. The molecule has 0 saturated carbocycles. The maximum absolute atomic E-state index is 13.1. The first-order chi connectivity index (χ1) is 15.1. The molecule has 156 valence electrons. The van der Waals surface area contributed by atoms with Crippen molar-refractivity contribution in [3.8, 4) is 23.0 Å². The Morgan fingerprint density at radius 2 is 1.90 bits per heavy atom. The molecule has 0 bridgehead atoms. The fourth-order valence-electron chi connectivity index (χ4n) is 3.92. The largest absolute Gasteiger partial charge is 0.497 e. The van der Waals surface area contributed by atoms with Gasteiger partial charge in [-0.3, -0.25) is 9.59 Å². The minimum Gasteiger partial charge on any atom is -0.497 e. The number of hydrogen-bond donors (Lipinski definition) is 0. The van der Waals surface area contributed by atoms with Crippen LogP contribution >= 0.6 is 0 Å². The van der Waals surface area contributed by atoms with Crippen molar-refractivity contribution in [1.29, 1.82) is 0 Å². The van der Waals surface area contributed by atoms with Crippen LogP contribution in [0.25, 0.3) is 6.08 Å². The molecule has 0 amide bonds. The minimum atomic E-state index is -0.399. The van der Waals surface area contributed by atoms with Crippen LogP contribution in [0.1, 0.15) is 39.6 Å². The topological polar surface area (TPSA) is 84.2 Å². The molecule has 2 aliphatic rings. The number of furan rings is 1. The molecular formula is C24H18O7. The molecule has 2 aromatic carbocycles. The summed E-state index contributed by atoms with van der Waals surface area (Å²) in [6.45, 7) is 0. The molecule has 0 spiro atoms. The van der Waals surface area contributed by atoms with E-state index in [1.165, 1.54) is 0 Å². The third-order valence-corrected chi connectivity index (χ3v) is 5.39. The average molecular weight is 418 g/mol. The van der Waals surface area contributed by atoms with Gasteiger partial charge in [-0.2, -0.15) is 0 Å². The van der Waals surface area contributed by atoms with Crippen LogP contribution in [0.15, 0.2) is 58.9 Å². The summed E-state index contributed by atoms with van der Waals surface area (Å²) >= 11 is 0. The number of carbonyl (C=O) groups excluding carboxylic acids is 2. The standard InChI is InChI=1S/C24H18O7/c1-27-14-6-5-13(19(11-14)28-2)10-20-23(26)15-7-8-18-22(24(15)31-20)16(12-21(25)30-18)17-4-3-9-29-17/h3-11,16H,12H2,1-2H3/b20-10-. The number of fused-ring (bicyclic) bond motifs is 3. The van der Waals surface area contributed by atoms with Gasteiger partial charge in [-0.25, -0.2) is 0 Å². The van der Waals surface area contributed by atoms with Gasteiger partial charge in [0.2, 0.25) is 5.78 Å². The van der Waals surface area contributed by atoms with Crippen LogP contribution in [-0.2, 0) is 4.79 Å². The summed E-state index contributed by atoms with van der Waals surface area (Å²) in [5, 5.41) is 0. The second-order valence-electron chi connectivity index (χ2n) is 7.15. The number of Topliss-reactive ketones (excluding diaryl/α,β-unsaturated/α-hetero) is 1. The van der Waals surface area contributed by atoms with Crippen LogP contribution in [0.3, 0.4) is 0 Å². The minimum absolute atomic E-state index is 0.0971. The molecule has 31 heavy (non-hydrogen) atoms. The summed E-state index contributed by atoms with van der Waals surface area (Å²) in [6.07, 6.45) is 3.27. The van der Waals surface area contributed by atoms with Crippen molar-refractivity contribution < 1.29 is 33.0 Å². The zero-order valence-electron chi connectivity index (χ0n) is 16.8. The van der Waals surface area contributed by atoms with Gasteiger partial charge < -0.3 is 23.4 Å². The van der Waals surface area contributed by atoms with E-state index in [-0.39, 0.29) is 23.9 Å². The molecule has 0 saturated heterocycles. The Morgan fingerprint density at radius 3 is 2.65 bits per heavy atom. The summed E-state index contributed by atoms with van der Waals surface area (Å²) in [6, 6.07) is 12.1. The maximum atomic E-state index is 13.1. The molecule has 2 aliphatic heterocycles. The summed E-state index contributed by atoms with van der Waals surface area (Å²) in [4.78, 5) is 25.2. The molecule has 1 aromatic heterocycles. The van der Waals surface area contributed by atoms with E-state index in [1.54, 1.807) is 69.0 Å². The zero-order chi connectivity index (χ0) is 21.5. The van der Waals surface area contributed by atoms with Crippen molar-refractivity contribution in [2.24, 2.45) is 0 Å². The van der Waals surface area contributed by atoms with Gasteiger partial charge in [0.15, 0.2) is 5.76 Å². The highest BCUT2D eigenvalue weighted by atomic mass is 16.5. The zero-order valence-corrected chi connectivity index (χ0v) is 16.8. The number of hydrogen-bond acceptors (Lipinski definition) is 7. The monoisotopic (exact) mass is 418 g/mol. The van der Waals surface area contributed by atoms with Crippen molar-refractivity contribution in [2.75, 3.05) is 14.2 Å². The number of esters is 1. The van der Waals surface area contributed by atoms with Crippen molar-refractivity contribution in [3.63, 3.8) is 0 Å². The number of rotatable bonds is 4. The summed E-state index contributed by atoms with van der Waals surface area (Å²) in [5.74, 6) is 1.68. The van der Waals surface area contributed by atoms with Crippen molar-refractivity contribution in [3.05, 3.63) is 76.9 Å². The maximum Gasteiger partial charge on any atom is 0.312 e. The fourth-order valence-corrected chi connectivity index (χ4v) is 3.92. The lowest BCUT2D eigenvalue weighted by Crippen LogP contribution is -2.21. The highest BCUT2D eigenvalue weighted by Gasteiger charge is 2.39. The number of ether oxygens (including phenoxy) is 4. The van der Waals surface area contributed by atoms with Crippen LogP contribution in [-0.4, -0.2) is 26.0 Å². The van der Waals surface area contributed by atoms with E-state index in [0.717, 1.165) is 0 Å². The predicted molar refractivity (Wildman–Crippen MR) is 110 cm³/mol. The Morgan fingerprint density at radius 1 is 1.03 bits per heavy atom. The molecule has 1 unspecified atom stereocenters. The molecule has 0 radical (unpaired) electrons. The smallest absolute Gasteiger partial charge is 0.312 e. The van der Waals surface area contributed by atoms with Crippen LogP contribution in [0.2, 0.25) is 0 Å².